The molecule has 1 saturated heterocycles. The zero-order valence-electron chi connectivity index (χ0n) is 16.4. The molecule has 0 radical (unpaired) electrons. The first-order chi connectivity index (χ1) is 12.7. The van der Waals surface area contributed by atoms with E-state index in [0.29, 0.717) is 24.5 Å². The summed E-state index contributed by atoms with van der Waals surface area (Å²) >= 11 is 0. The molecule has 146 valence electrons. The number of hydrogen-bond acceptors (Lipinski definition) is 3. The molecule has 0 unspecified atom stereocenters. The summed E-state index contributed by atoms with van der Waals surface area (Å²) < 4.78 is 29.3. The molecule has 1 amide bonds. The van der Waals surface area contributed by atoms with Crippen LogP contribution in [0.2, 0.25) is 0 Å². The van der Waals surface area contributed by atoms with E-state index in [1.807, 2.05) is 32.0 Å². The molecule has 0 aliphatic carbocycles. The van der Waals surface area contributed by atoms with Crippen LogP contribution in [0.15, 0.2) is 29.2 Å². The molecule has 0 spiro atoms. The number of sulfonamides is 1. The van der Waals surface area contributed by atoms with Crippen molar-refractivity contribution in [3.8, 4) is 0 Å². The van der Waals surface area contributed by atoms with E-state index in [1.54, 1.807) is 18.5 Å². The summed E-state index contributed by atoms with van der Waals surface area (Å²) in [6.45, 7) is 6.72. The van der Waals surface area contributed by atoms with Crippen molar-refractivity contribution in [1.82, 2.24) is 8.87 Å². The summed E-state index contributed by atoms with van der Waals surface area (Å²) in [6, 6.07) is 7.35. The van der Waals surface area contributed by atoms with Gasteiger partial charge in [0.05, 0.1) is 0 Å². The highest BCUT2D eigenvalue weighted by atomic mass is 32.2. The quantitative estimate of drug-likeness (QED) is 0.871. The average Bonchev–Trinajstić information content (AvgIpc) is 2.95. The number of carbonyl (C=O) groups excluding carboxylic acids is 1. The fourth-order valence-corrected chi connectivity index (χ4v) is 5.24. The van der Waals surface area contributed by atoms with Gasteiger partial charge in [-0.2, -0.15) is 4.31 Å². The minimum Gasteiger partial charge on any atom is -0.343 e. The highest BCUT2D eigenvalue weighted by Gasteiger charge is 2.30. The largest absolute Gasteiger partial charge is 0.343 e. The molecule has 1 N–H and O–H groups in total. The molecule has 1 aliphatic heterocycles. The second kappa shape index (κ2) is 7.48. The lowest BCUT2D eigenvalue weighted by Crippen LogP contribution is -2.35. The third-order valence-corrected chi connectivity index (χ3v) is 7.31. The molecule has 1 aliphatic rings. The maximum Gasteiger partial charge on any atom is 0.272 e. The van der Waals surface area contributed by atoms with E-state index in [0.717, 1.165) is 36.1 Å². The summed E-state index contributed by atoms with van der Waals surface area (Å²) in [6.07, 6.45) is 2.82. The van der Waals surface area contributed by atoms with Crippen LogP contribution in [0.5, 0.6) is 0 Å². The Labute approximate surface area is 161 Å². The lowest BCUT2D eigenvalue weighted by Gasteiger charge is -2.25. The van der Waals surface area contributed by atoms with Crippen molar-refractivity contribution >= 4 is 21.6 Å². The van der Waals surface area contributed by atoms with Crippen molar-refractivity contribution in [2.24, 2.45) is 7.05 Å². The number of piperidine rings is 1. The number of aryl methyl sites for hydroxylation is 2. The Hall–Kier alpha value is -2.12. The van der Waals surface area contributed by atoms with Gasteiger partial charge in [0.25, 0.3) is 5.91 Å². The van der Waals surface area contributed by atoms with E-state index in [2.05, 4.69) is 5.32 Å². The molecule has 0 saturated carbocycles. The molecular formula is C20H27N3O3S. The van der Waals surface area contributed by atoms with Gasteiger partial charge in [-0.25, -0.2) is 8.42 Å². The molecule has 7 heteroatoms. The smallest absolute Gasteiger partial charge is 0.272 e. The fourth-order valence-electron chi connectivity index (χ4n) is 3.45. The number of benzene rings is 1. The molecule has 27 heavy (non-hydrogen) atoms. The predicted molar refractivity (Wildman–Crippen MR) is 107 cm³/mol. The van der Waals surface area contributed by atoms with Crippen molar-refractivity contribution in [3.05, 3.63) is 46.8 Å². The van der Waals surface area contributed by atoms with Crippen LogP contribution in [0.1, 0.15) is 46.6 Å². The molecule has 1 aromatic heterocycles. The molecule has 2 aromatic rings. The minimum absolute atomic E-state index is 0.220. The first-order valence-electron chi connectivity index (χ1n) is 9.27. The predicted octanol–water partition coefficient (Wildman–Crippen LogP) is 3.38. The van der Waals surface area contributed by atoms with Crippen LogP contribution in [-0.4, -0.2) is 36.3 Å². The van der Waals surface area contributed by atoms with Crippen LogP contribution in [0.4, 0.5) is 5.69 Å². The van der Waals surface area contributed by atoms with Crippen LogP contribution < -0.4 is 5.32 Å². The molecule has 0 bridgehead atoms. The Morgan fingerprint density at radius 3 is 2.37 bits per heavy atom. The second-order valence-electron chi connectivity index (χ2n) is 7.28. The summed E-state index contributed by atoms with van der Waals surface area (Å²) in [5.41, 5.74) is 3.66. The zero-order valence-corrected chi connectivity index (χ0v) is 17.2. The molecule has 0 atom stereocenters. The van der Waals surface area contributed by atoms with Crippen LogP contribution in [-0.2, 0) is 17.1 Å². The van der Waals surface area contributed by atoms with Crippen molar-refractivity contribution in [3.63, 3.8) is 0 Å². The van der Waals surface area contributed by atoms with Gasteiger partial charge >= 0.3 is 0 Å². The first kappa shape index (κ1) is 19.6. The van der Waals surface area contributed by atoms with E-state index in [1.165, 1.54) is 10.4 Å². The van der Waals surface area contributed by atoms with Gasteiger partial charge in [0, 0.05) is 31.5 Å². The Morgan fingerprint density at radius 2 is 1.70 bits per heavy atom. The van der Waals surface area contributed by atoms with Gasteiger partial charge < -0.3 is 9.88 Å². The Kier molecular flexibility index (Phi) is 5.44. The van der Waals surface area contributed by atoms with Crippen LogP contribution >= 0.6 is 0 Å². The Balaban J connectivity index is 1.92. The third kappa shape index (κ3) is 3.80. The lowest BCUT2D eigenvalue weighted by molar-refractivity contribution is 0.101. The summed E-state index contributed by atoms with van der Waals surface area (Å²) in [5.74, 6) is -0.311. The summed E-state index contributed by atoms with van der Waals surface area (Å²) in [7, 11) is -1.86. The van der Waals surface area contributed by atoms with Gasteiger partial charge in [-0.05, 0) is 56.9 Å². The number of anilines is 1. The van der Waals surface area contributed by atoms with Crippen LogP contribution in [0.25, 0.3) is 0 Å². The number of rotatable bonds is 4. The monoisotopic (exact) mass is 389 g/mol. The number of aromatic nitrogens is 1. The number of amides is 1. The topological polar surface area (TPSA) is 71.4 Å². The molecule has 1 fully saturated rings. The fraction of sp³-hybridized carbons (Fsp3) is 0.450. The highest BCUT2D eigenvalue weighted by molar-refractivity contribution is 7.89. The van der Waals surface area contributed by atoms with Crippen LogP contribution in [0, 0.1) is 20.8 Å². The number of carbonyl (C=O) groups is 1. The van der Waals surface area contributed by atoms with Gasteiger partial charge in [-0.15, -0.1) is 0 Å². The summed E-state index contributed by atoms with van der Waals surface area (Å²) in [4.78, 5) is 13.0. The number of nitrogens with zero attached hydrogens (tertiary/aromatic N) is 2. The normalized spacial score (nSPS) is 15.7. The summed E-state index contributed by atoms with van der Waals surface area (Å²) in [5, 5.41) is 2.91. The second-order valence-corrected chi connectivity index (χ2v) is 9.18. The number of hydrogen-bond donors (Lipinski definition) is 1. The molecule has 6 nitrogen and oxygen atoms in total. The maximum atomic E-state index is 13.0. The van der Waals surface area contributed by atoms with Crippen molar-refractivity contribution in [2.75, 3.05) is 18.4 Å². The van der Waals surface area contributed by atoms with E-state index in [-0.39, 0.29) is 10.8 Å². The van der Waals surface area contributed by atoms with Gasteiger partial charge in [-0.3, -0.25) is 4.79 Å². The maximum absolute atomic E-state index is 13.0. The van der Waals surface area contributed by atoms with Gasteiger partial charge in [0.1, 0.15) is 10.6 Å². The minimum atomic E-state index is -3.58. The standard InChI is InChI=1S/C20H27N3O3S/c1-14-8-9-15(2)17(12-14)21-20(24)18-13-19(16(3)22(18)4)27(25,26)23-10-6-5-7-11-23/h8-9,12-13H,5-7,10-11H2,1-4H3,(H,21,24). The average molecular weight is 390 g/mol. The van der Waals surface area contributed by atoms with E-state index in [4.69, 9.17) is 0 Å². The van der Waals surface area contributed by atoms with Crippen LogP contribution in [0.3, 0.4) is 0 Å². The molecular weight excluding hydrogens is 362 g/mol. The number of nitrogens with one attached hydrogen (secondary N) is 1. The van der Waals surface area contributed by atoms with Crippen molar-refractivity contribution in [2.45, 2.75) is 44.9 Å². The molecule has 2 heterocycles. The van der Waals surface area contributed by atoms with Gasteiger partial charge in [-0.1, -0.05) is 18.6 Å². The zero-order chi connectivity index (χ0) is 19.8. The Bertz CT molecular complexity index is 971. The molecule has 3 rings (SSSR count). The van der Waals surface area contributed by atoms with Gasteiger partial charge in [0.15, 0.2) is 0 Å². The Morgan fingerprint density at radius 1 is 1.04 bits per heavy atom. The SMILES string of the molecule is Cc1ccc(C)c(NC(=O)c2cc(S(=O)(=O)N3CCCCC3)c(C)n2C)c1. The molecule has 1 aromatic carbocycles. The van der Waals surface area contributed by atoms with Crippen molar-refractivity contribution in [1.29, 1.82) is 0 Å². The third-order valence-electron chi connectivity index (χ3n) is 5.30. The lowest BCUT2D eigenvalue weighted by atomic mass is 10.1. The first-order valence-corrected chi connectivity index (χ1v) is 10.7. The highest BCUT2D eigenvalue weighted by Crippen LogP contribution is 2.26. The van der Waals surface area contributed by atoms with Crippen molar-refractivity contribution < 1.29 is 13.2 Å². The van der Waals surface area contributed by atoms with E-state index < -0.39 is 10.0 Å². The van der Waals surface area contributed by atoms with E-state index in [9.17, 15) is 13.2 Å². The van der Waals surface area contributed by atoms with Gasteiger partial charge in [0.2, 0.25) is 10.0 Å². The van der Waals surface area contributed by atoms with E-state index >= 15 is 0 Å².